The summed E-state index contributed by atoms with van der Waals surface area (Å²) in [6.07, 6.45) is 0. The van der Waals surface area contributed by atoms with E-state index in [1.54, 1.807) is 0 Å². The van der Waals surface area contributed by atoms with Gasteiger partial charge in [-0.1, -0.05) is 109 Å². The minimum Gasteiger partial charge on any atom is -0.355 e. The second kappa shape index (κ2) is 9.75. The summed E-state index contributed by atoms with van der Waals surface area (Å²) in [5.74, 6) is 1.88. The number of nitrogens with one attached hydrogen (secondary N) is 1. The number of H-pyrrole nitrogens is 1. The number of fused-ring (bicyclic) bond motifs is 6. The van der Waals surface area contributed by atoms with E-state index in [1.807, 2.05) is 60.7 Å². The second-order valence-electron chi connectivity index (χ2n) is 11.0. The van der Waals surface area contributed by atoms with Crippen LogP contribution in [0.3, 0.4) is 0 Å². The third-order valence-corrected chi connectivity index (χ3v) is 8.40. The maximum Gasteiger partial charge on any atom is 0.238 e. The lowest BCUT2D eigenvalue weighted by Crippen LogP contribution is -2.06. The van der Waals surface area contributed by atoms with Crippen molar-refractivity contribution in [2.24, 2.45) is 0 Å². The third kappa shape index (κ3) is 3.91. The number of benzene rings is 6. The molecule has 0 spiro atoms. The smallest absolute Gasteiger partial charge is 0.238 e. The number of rotatable bonds is 4. The van der Waals surface area contributed by atoms with E-state index in [4.69, 9.17) is 15.0 Å². The van der Waals surface area contributed by atoms with Crippen LogP contribution in [0, 0.1) is 0 Å². The van der Waals surface area contributed by atoms with Crippen LogP contribution in [0.25, 0.3) is 83.5 Å². The van der Waals surface area contributed by atoms with E-state index in [9.17, 15) is 0 Å². The van der Waals surface area contributed by atoms with Gasteiger partial charge >= 0.3 is 0 Å². The molecule has 6 aromatic carbocycles. The highest BCUT2D eigenvalue weighted by Crippen LogP contribution is 2.36. The average molecular weight is 564 g/mol. The first kappa shape index (κ1) is 24.5. The molecule has 5 nitrogen and oxygen atoms in total. The van der Waals surface area contributed by atoms with Gasteiger partial charge in [0.2, 0.25) is 5.95 Å². The maximum atomic E-state index is 5.05. The van der Waals surface area contributed by atoms with E-state index in [2.05, 4.69) is 94.5 Å². The molecule has 0 unspecified atom stereocenters. The van der Waals surface area contributed by atoms with Crippen molar-refractivity contribution in [2.75, 3.05) is 0 Å². The Kier molecular flexibility index (Phi) is 5.43. The van der Waals surface area contributed by atoms with Crippen LogP contribution in [0.4, 0.5) is 0 Å². The van der Waals surface area contributed by atoms with Gasteiger partial charge in [0.25, 0.3) is 0 Å². The zero-order valence-electron chi connectivity index (χ0n) is 23.6. The van der Waals surface area contributed by atoms with Gasteiger partial charge in [-0.15, -0.1) is 0 Å². The first-order valence-electron chi connectivity index (χ1n) is 14.7. The summed E-state index contributed by atoms with van der Waals surface area (Å²) < 4.78 is 2.16. The molecule has 0 aliphatic heterocycles. The van der Waals surface area contributed by atoms with Crippen molar-refractivity contribution in [3.05, 3.63) is 146 Å². The summed E-state index contributed by atoms with van der Waals surface area (Å²) in [7, 11) is 0. The SMILES string of the molecule is c1ccc(-c2nc(-c3ccccc3)nc(-n3c4ccccc4c4cc(-c5ccc6[nH]c7ccccc7c6c5)ccc43)n2)cc1. The monoisotopic (exact) mass is 563 g/mol. The van der Waals surface area contributed by atoms with Crippen molar-refractivity contribution < 1.29 is 0 Å². The normalized spacial score (nSPS) is 11.6. The fraction of sp³-hybridized carbons (Fsp3) is 0. The molecule has 0 aliphatic carbocycles. The van der Waals surface area contributed by atoms with Crippen LogP contribution in [0.15, 0.2) is 146 Å². The van der Waals surface area contributed by atoms with Crippen LogP contribution in [0.1, 0.15) is 0 Å². The Balaban J connectivity index is 1.27. The fourth-order valence-electron chi connectivity index (χ4n) is 6.29. The zero-order valence-corrected chi connectivity index (χ0v) is 23.6. The van der Waals surface area contributed by atoms with Crippen LogP contribution >= 0.6 is 0 Å². The molecule has 9 rings (SSSR count). The Bertz CT molecular complexity index is 2430. The molecule has 0 fully saturated rings. The highest BCUT2D eigenvalue weighted by molar-refractivity contribution is 6.11. The molecular formula is C39H25N5. The third-order valence-electron chi connectivity index (χ3n) is 8.40. The van der Waals surface area contributed by atoms with Gasteiger partial charge in [0.15, 0.2) is 11.6 Å². The molecule has 5 heteroatoms. The summed E-state index contributed by atoms with van der Waals surface area (Å²) in [4.78, 5) is 18.5. The summed E-state index contributed by atoms with van der Waals surface area (Å²) in [6, 6.07) is 50.5. The van der Waals surface area contributed by atoms with E-state index in [1.165, 1.54) is 16.3 Å². The van der Waals surface area contributed by atoms with Crippen molar-refractivity contribution in [2.45, 2.75) is 0 Å². The first-order chi connectivity index (χ1) is 21.8. The Morgan fingerprint density at radius 2 is 0.932 bits per heavy atom. The van der Waals surface area contributed by atoms with Gasteiger partial charge in [-0.05, 0) is 47.5 Å². The van der Waals surface area contributed by atoms with Crippen molar-refractivity contribution in [1.29, 1.82) is 0 Å². The van der Waals surface area contributed by atoms with Gasteiger partial charge in [-0.2, -0.15) is 9.97 Å². The molecule has 44 heavy (non-hydrogen) atoms. The molecule has 206 valence electrons. The molecule has 1 N–H and O–H groups in total. The largest absolute Gasteiger partial charge is 0.355 e. The van der Waals surface area contributed by atoms with E-state index in [0.717, 1.165) is 49.5 Å². The van der Waals surface area contributed by atoms with E-state index in [-0.39, 0.29) is 0 Å². The average Bonchev–Trinajstić information content (AvgIpc) is 3.64. The molecule has 0 saturated heterocycles. The van der Waals surface area contributed by atoms with Crippen molar-refractivity contribution >= 4 is 43.6 Å². The van der Waals surface area contributed by atoms with Gasteiger partial charge in [0.1, 0.15) is 0 Å². The summed E-state index contributed by atoms with van der Waals surface area (Å²) in [6.45, 7) is 0. The zero-order chi connectivity index (χ0) is 29.0. The Labute approximate surface area is 253 Å². The van der Waals surface area contributed by atoms with E-state index >= 15 is 0 Å². The first-order valence-corrected chi connectivity index (χ1v) is 14.7. The molecule has 0 aliphatic rings. The Morgan fingerprint density at radius 1 is 0.386 bits per heavy atom. The molecule has 0 bridgehead atoms. The van der Waals surface area contributed by atoms with Crippen LogP contribution in [-0.4, -0.2) is 24.5 Å². The van der Waals surface area contributed by atoms with E-state index in [0.29, 0.717) is 17.6 Å². The molecule has 3 aromatic heterocycles. The lowest BCUT2D eigenvalue weighted by molar-refractivity contribution is 0.953. The number of para-hydroxylation sites is 2. The summed E-state index contributed by atoms with van der Waals surface area (Å²) in [5, 5.41) is 4.77. The quantitative estimate of drug-likeness (QED) is 0.232. The molecule has 0 saturated carbocycles. The molecule has 3 heterocycles. The standard InChI is InChI=1S/C39H25N5/c1-3-11-25(12-4-1)37-41-38(26-13-5-2-6-14-26)43-39(42-37)44-35-18-10-8-16-30(35)32-24-28(20-22-36(32)44)27-19-21-34-31(23-27)29-15-7-9-17-33(29)40-34/h1-24,40H. The number of nitrogens with zero attached hydrogens (tertiary/aromatic N) is 4. The lowest BCUT2D eigenvalue weighted by Gasteiger charge is -2.11. The highest BCUT2D eigenvalue weighted by Gasteiger charge is 2.18. The van der Waals surface area contributed by atoms with Crippen LogP contribution < -0.4 is 0 Å². The minimum absolute atomic E-state index is 0.594. The van der Waals surface area contributed by atoms with Crippen LogP contribution in [0.2, 0.25) is 0 Å². The van der Waals surface area contributed by atoms with Gasteiger partial charge in [0, 0.05) is 43.7 Å². The minimum atomic E-state index is 0.594. The second-order valence-corrected chi connectivity index (χ2v) is 11.0. The Morgan fingerprint density at radius 3 is 1.66 bits per heavy atom. The maximum absolute atomic E-state index is 5.05. The van der Waals surface area contributed by atoms with Gasteiger partial charge in [0.05, 0.1) is 11.0 Å². The fourth-order valence-corrected chi connectivity index (χ4v) is 6.29. The number of aromatic nitrogens is 5. The van der Waals surface area contributed by atoms with Crippen molar-refractivity contribution in [3.63, 3.8) is 0 Å². The predicted molar refractivity (Wildman–Crippen MR) is 180 cm³/mol. The molecule has 0 atom stereocenters. The summed E-state index contributed by atoms with van der Waals surface area (Å²) >= 11 is 0. The highest BCUT2D eigenvalue weighted by atomic mass is 15.2. The number of aromatic amines is 1. The van der Waals surface area contributed by atoms with Crippen molar-refractivity contribution in [3.8, 4) is 39.9 Å². The topological polar surface area (TPSA) is 59.4 Å². The van der Waals surface area contributed by atoms with Gasteiger partial charge in [-0.25, -0.2) is 4.98 Å². The molecular weight excluding hydrogens is 538 g/mol. The van der Waals surface area contributed by atoms with E-state index < -0.39 is 0 Å². The Hall–Kier alpha value is -6.07. The van der Waals surface area contributed by atoms with Gasteiger partial charge < -0.3 is 4.98 Å². The predicted octanol–water partition coefficient (Wildman–Crippen LogP) is 9.60. The van der Waals surface area contributed by atoms with Crippen molar-refractivity contribution in [1.82, 2.24) is 24.5 Å². The lowest BCUT2D eigenvalue weighted by atomic mass is 10.0. The molecule has 9 aromatic rings. The molecule has 0 amide bonds. The van der Waals surface area contributed by atoms with Crippen LogP contribution in [0.5, 0.6) is 0 Å². The van der Waals surface area contributed by atoms with Gasteiger partial charge in [-0.3, -0.25) is 4.57 Å². The van der Waals surface area contributed by atoms with Crippen LogP contribution in [-0.2, 0) is 0 Å². The molecule has 0 radical (unpaired) electrons. The number of hydrogen-bond donors (Lipinski definition) is 1. The summed E-state index contributed by atoms with van der Waals surface area (Å²) in [5.41, 5.74) is 8.64. The number of hydrogen-bond acceptors (Lipinski definition) is 3.